The smallest absolute Gasteiger partial charge is 0.178 e. The minimum Gasteiger partial charge on any atom is -0.497 e. The van der Waals surface area contributed by atoms with Crippen LogP contribution in [0.1, 0.15) is 5.56 Å². The Morgan fingerprint density at radius 1 is 1.29 bits per heavy atom. The van der Waals surface area contributed by atoms with Crippen molar-refractivity contribution in [3.8, 4) is 5.75 Å². The Morgan fingerprint density at radius 3 is 2.67 bits per heavy atom. The molecule has 3 aromatic rings. The van der Waals surface area contributed by atoms with Crippen LogP contribution in [0.5, 0.6) is 5.75 Å². The lowest BCUT2D eigenvalue weighted by atomic mass is 10.2. The molecule has 0 aliphatic carbocycles. The molecule has 6 heteroatoms. The third-order valence-electron chi connectivity index (χ3n) is 3.32. The van der Waals surface area contributed by atoms with E-state index in [0.29, 0.717) is 14.9 Å². The lowest BCUT2D eigenvalue weighted by Crippen LogP contribution is -2.00. The van der Waals surface area contributed by atoms with Gasteiger partial charge >= 0.3 is 0 Å². The van der Waals surface area contributed by atoms with Crippen LogP contribution in [-0.2, 0) is 6.54 Å². The summed E-state index contributed by atoms with van der Waals surface area (Å²) in [4.78, 5) is 3.12. The summed E-state index contributed by atoms with van der Waals surface area (Å²) < 4.78 is 22.0. The number of fused-ring (bicyclic) bond motifs is 1. The Balaban J connectivity index is 2.05. The number of rotatable bonds is 3. The van der Waals surface area contributed by atoms with E-state index in [-0.39, 0.29) is 5.82 Å². The van der Waals surface area contributed by atoms with Crippen molar-refractivity contribution >= 4 is 45.8 Å². The van der Waals surface area contributed by atoms with Crippen LogP contribution in [0.2, 0.25) is 0 Å². The number of ether oxygens (including phenoxy) is 1. The molecule has 0 saturated heterocycles. The molecule has 3 rings (SSSR count). The van der Waals surface area contributed by atoms with E-state index in [1.54, 1.807) is 13.2 Å². The number of aromatic nitrogens is 2. The molecule has 0 amide bonds. The van der Waals surface area contributed by atoms with Gasteiger partial charge in [-0.1, -0.05) is 12.1 Å². The number of aromatic amines is 1. The monoisotopic (exact) mass is 414 g/mol. The second kappa shape index (κ2) is 5.76. The second-order valence-electron chi connectivity index (χ2n) is 4.65. The van der Waals surface area contributed by atoms with Gasteiger partial charge in [0.1, 0.15) is 11.6 Å². The summed E-state index contributed by atoms with van der Waals surface area (Å²) in [5.41, 5.74) is 2.69. The topological polar surface area (TPSA) is 29.9 Å². The zero-order valence-corrected chi connectivity index (χ0v) is 14.2. The average Bonchev–Trinajstić information content (AvgIpc) is 2.76. The van der Waals surface area contributed by atoms with E-state index < -0.39 is 0 Å². The highest BCUT2D eigenvalue weighted by atomic mass is 127. The molecule has 108 valence electrons. The maximum absolute atomic E-state index is 13.8. The Labute approximate surface area is 139 Å². The first-order chi connectivity index (χ1) is 10.1. The highest BCUT2D eigenvalue weighted by molar-refractivity contribution is 14.1. The molecule has 0 atom stereocenters. The second-order valence-corrected chi connectivity index (χ2v) is 6.20. The maximum Gasteiger partial charge on any atom is 0.178 e. The highest BCUT2D eigenvalue weighted by Crippen LogP contribution is 2.22. The molecule has 1 N–H and O–H groups in total. The summed E-state index contributed by atoms with van der Waals surface area (Å²) >= 11 is 7.32. The van der Waals surface area contributed by atoms with Gasteiger partial charge in [-0.25, -0.2) is 4.39 Å². The number of benzene rings is 2. The average molecular weight is 414 g/mol. The number of hydrogen-bond donors (Lipinski definition) is 1. The van der Waals surface area contributed by atoms with E-state index in [0.717, 1.165) is 22.3 Å². The summed E-state index contributed by atoms with van der Waals surface area (Å²) in [7, 11) is 1.63. The summed E-state index contributed by atoms with van der Waals surface area (Å²) in [6.45, 7) is 0.586. The van der Waals surface area contributed by atoms with Crippen molar-refractivity contribution in [3.63, 3.8) is 0 Å². The van der Waals surface area contributed by atoms with Crippen LogP contribution in [0, 0.1) is 14.2 Å². The van der Waals surface area contributed by atoms with Crippen LogP contribution in [0.15, 0.2) is 36.4 Å². The van der Waals surface area contributed by atoms with Crippen molar-refractivity contribution in [1.82, 2.24) is 9.55 Å². The standard InChI is InChI=1S/C15H12FIN2OS/c1-20-10-4-2-9(3-5-10)8-19-14-6-11(16)12(17)7-13(14)18-15(19)21/h2-7H,8H2,1H3,(H,18,21). The predicted octanol–water partition coefficient (Wildman–Crippen LogP) is 4.50. The van der Waals surface area contributed by atoms with Crippen molar-refractivity contribution in [2.75, 3.05) is 7.11 Å². The molecular formula is C15H12FIN2OS. The fraction of sp³-hybridized carbons (Fsp3) is 0.133. The summed E-state index contributed by atoms with van der Waals surface area (Å²) in [6.07, 6.45) is 0. The number of methoxy groups -OCH3 is 1. The van der Waals surface area contributed by atoms with E-state index in [2.05, 4.69) is 4.98 Å². The van der Waals surface area contributed by atoms with Gasteiger partial charge in [0.25, 0.3) is 0 Å². The van der Waals surface area contributed by atoms with Crippen LogP contribution in [0.3, 0.4) is 0 Å². The predicted molar refractivity (Wildman–Crippen MR) is 91.9 cm³/mol. The molecule has 0 aliphatic heterocycles. The summed E-state index contributed by atoms with van der Waals surface area (Å²) in [6, 6.07) is 11.0. The maximum atomic E-state index is 13.8. The Morgan fingerprint density at radius 2 is 2.00 bits per heavy atom. The quantitative estimate of drug-likeness (QED) is 0.506. The van der Waals surface area contributed by atoms with Gasteiger partial charge in [0.15, 0.2) is 4.77 Å². The van der Waals surface area contributed by atoms with Crippen molar-refractivity contribution < 1.29 is 9.13 Å². The summed E-state index contributed by atoms with van der Waals surface area (Å²) in [5.74, 6) is 0.572. The van der Waals surface area contributed by atoms with Crippen LogP contribution in [-0.4, -0.2) is 16.7 Å². The molecular weight excluding hydrogens is 402 g/mol. The van der Waals surface area contributed by atoms with Crippen molar-refractivity contribution in [1.29, 1.82) is 0 Å². The van der Waals surface area contributed by atoms with Crippen molar-refractivity contribution in [2.45, 2.75) is 6.54 Å². The van der Waals surface area contributed by atoms with E-state index in [1.165, 1.54) is 6.07 Å². The SMILES string of the molecule is COc1ccc(Cn2c(=S)[nH]c3cc(I)c(F)cc32)cc1. The van der Waals surface area contributed by atoms with Gasteiger partial charge in [-0.2, -0.15) is 0 Å². The van der Waals surface area contributed by atoms with Crippen LogP contribution < -0.4 is 4.74 Å². The highest BCUT2D eigenvalue weighted by Gasteiger charge is 2.09. The minimum atomic E-state index is -0.236. The molecule has 1 heterocycles. The number of nitrogens with one attached hydrogen (secondary N) is 1. The first-order valence-corrected chi connectivity index (χ1v) is 7.77. The molecule has 1 aromatic heterocycles. The number of nitrogens with zero attached hydrogens (tertiary/aromatic N) is 1. The fourth-order valence-corrected chi connectivity index (χ4v) is 2.96. The number of imidazole rings is 1. The van der Waals surface area contributed by atoms with E-state index in [1.807, 2.05) is 51.4 Å². The molecule has 3 nitrogen and oxygen atoms in total. The largest absolute Gasteiger partial charge is 0.497 e. The van der Waals surface area contributed by atoms with Crippen LogP contribution in [0.4, 0.5) is 4.39 Å². The van der Waals surface area contributed by atoms with E-state index >= 15 is 0 Å². The number of halogens is 2. The van der Waals surface area contributed by atoms with Crippen LogP contribution in [0.25, 0.3) is 11.0 Å². The lowest BCUT2D eigenvalue weighted by molar-refractivity contribution is 0.414. The molecule has 0 spiro atoms. The van der Waals surface area contributed by atoms with Gasteiger partial charge in [-0.05, 0) is 58.6 Å². The molecule has 0 saturated carbocycles. The third-order valence-corrected chi connectivity index (χ3v) is 4.47. The summed E-state index contributed by atoms with van der Waals surface area (Å²) in [5, 5.41) is 0. The first-order valence-electron chi connectivity index (χ1n) is 6.29. The van der Waals surface area contributed by atoms with Gasteiger partial charge in [0, 0.05) is 6.07 Å². The molecule has 0 bridgehead atoms. The van der Waals surface area contributed by atoms with Gasteiger partial charge < -0.3 is 14.3 Å². The molecule has 0 aliphatic rings. The van der Waals surface area contributed by atoms with Crippen LogP contribution >= 0.6 is 34.8 Å². The zero-order valence-electron chi connectivity index (χ0n) is 11.2. The van der Waals surface area contributed by atoms with Gasteiger partial charge in [-0.3, -0.25) is 0 Å². The molecule has 2 aromatic carbocycles. The molecule has 0 unspecified atom stereocenters. The van der Waals surface area contributed by atoms with Gasteiger partial charge in [0.05, 0.1) is 28.3 Å². The molecule has 0 radical (unpaired) electrons. The molecule has 0 fully saturated rings. The number of H-pyrrole nitrogens is 1. The van der Waals surface area contributed by atoms with Crippen molar-refractivity contribution in [2.24, 2.45) is 0 Å². The van der Waals surface area contributed by atoms with E-state index in [9.17, 15) is 4.39 Å². The van der Waals surface area contributed by atoms with Gasteiger partial charge in [0.2, 0.25) is 0 Å². The Kier molecular flexibility index (Phi) is 3.99. The number of hydrogen-bond acceptors (Lipinski definition) is 2. The Bertz CT molecular complexity index is 854. The minimum absolute atomic E-state index is 0.236. The van der Waals surface area contributed by atoms with Gasteiger partial charge in [-0.15, -0.1) is 0 Å². The van der Waals surface area contributed by atoms with E-state index in [4.69, 9.17) is 17.0 Å². The Hall–Kier alpha value is -1.41. The normalized spacial score (nSPS) is 11.0. The lowest BCUT2D eigenvalue weighted by Gasteiger charge is -2.06. The molecule has 21 heavy (non-hydrogen) atoms. The fourth-order valence-electron chi connectivity index (χ4n) is 2.22. The first kappa shape index (κ1) is 14.5. The zero-order chi connectivity index (χ0) is 15.0. The van der Waals surface area contributed by atoms with Crippen molar-refractivity contribution in [3.05, 3.63) is 56.1 Å². The third kappa shape index (κ3) is 2.82.